The van der Waals surface area contributed by atoms with E-state index < -0.39 is 0 Å². The molecule has 0 saturated carbocycles. The number of aryl methyl sites for hydroxylation is 1. The third kappa shape index (κ3) is 2.88. The maximum Gasteiger partial charge on any atom is 0.148 e. The van der Waals surface area contributed by atoms with E-state index in [1.807, 2.05) is 31.2 Å². The summed E-state index contributed by atoms with van der Waals surface area (Å²) in [4.78, 5) is 3.99. The first-order valence-corrected chi connectivity index (χ1v) is 5.51. The van der Waals surface area contributed by atoms with E-state index in [4.69, 9.17) is 21.1 Å². The van der Waals surface area contributed by atoms with Gasteiger partial charge in [0, 0.05) is 0 Å². The average molecular weight is 250 g/mol. The summed E-state index contributed by atoms with van der Waals surface area (Å²) in [5.41, 5.74) is 0.945. The van der Waals surface area contributed by atoms with Crippen molar-refractivity contribution < 1.29 is 9.47 Å². The van der Waals surface area contributed by atoms with Crippen LogP contribution in [0.2, 0.25) is 5.15 Å². The average Bonchev–Trinajstić information content (AvgIpc) is 2.34. The first kappa shape index (κ1) is 11.7. The number of benzene rings is 1. The number of halogens is 1. The van der Waals surface area contributed by atoms with Gasteiger partial charge in [0.15, 0.2) is 0 Å². The first-order chi connectivity index (χ1) is 8.19. The molecule has 0 unspecified atom stereocenters. The van der Waals surface area contributed by atoms with Crippen LogP contribution >= 0.6 is 11.6 Å². The fourth-order valence-corrected chi connectivity index (χ4v) is 1.60. The molecule has 2 aromatic rings. The highest BCUT2D eigenvalue weighted by Crippen LogP contribution is 2.26. The third-order valence-electron chi connectivity index (χ3n) is 2.32. The summed E-state index contributed by atoms with van der Waals surface area (Å²) >= 11 is 5.78. The summed E-state index contributed by atoms with van der Waals surface area (Å²) < 4.78 is 10.8. The molecule has 3 nitrogen and oxygen atoms in total. The molecule has 1 heterocycles. The molecule has 0 aliphatic rings. The zero-order chi connectivity index (χ0) is 12.3. The van der Waals surface area contributed by atoms with E-state index >= 15 is 0 Å². The van der Waals surface area contributed by atoms with Crippen LogP contribution < -0.4 is 9.47 Å². The molecule has 0 bridgehead atoms. The fourth-order valence-electron chi connectivity index (χ4n) is 1.39. The van der Waals surface area contributed by atoms with Gasteiger partial charge in [-0.2, -0.15) is 0 Å². The van der Waals surface area contributed by atoms with E-state index in [-0.39, 0.29) is 0 Å². The van der Waals surface area contributed by atoms with Gasteiger partial charge in [0.2, 0.25) is 0 Å². The fraction of sp³-hybridized carbons (Fsp3) is 0.154. The number of hydrogen-bond acceptors (Lipinski definition) is 3. The summed E-state index contributed by atoms with van der Waals surface area (Å²) in [5.74, 6) is 2.22. The molecule has 4 heteroatoms. The van der Waals surface area contributed by atoms with E-state index in [1.54, 1.807) is 19.4 Å². The number of rotatable bonds is 3. The van der Waals surface area contributed by atoms with Gasteiger partial charge in [-0.05, 0) is 42.8 Å². The van der Waals surface area contributed by atoms with Gasteiger partial charge in [-0.3, -0.25) is 0 Å². The quantitative estimate of drug-likeness (QED) is 0.775. The van der Waals surface area contributed by atoms with Crippen LogP contribution in [0.5, 0.6) is 17.2 Å². The van der Waals surface area contributed by atoms with Crippen LogP contribution in [0.4, 0.5) is 0 Å². The Morgan fingerprint density at radius 2 is 1.76 bits per heavy atom. The Bertz CT molecular complexity index is 511. The number of methoxy groups -OCH3 is 1. The van der Waals surface area contributed by atoms with Gasteiger partial charge in [0.1, 0.15) is 22.4 Å². The Morgan fingerprint density at radius 3 is 2.35 bits per heavy atom. The molecule has 0 aliphatic carbocycles. The van der Waals surface area contributed by atoms with Gasteiger partial charge in [-0.25, -0.2) is 4.98 Å². The van der Waals surface area contributed by atoms with Crippen LogP contribution in [0.1, 0.15) is 5.56 Å². The highest BCUT2D eigenvalue weighted by Gasteiger charge is 2.03. The molecular formula is C13H12ClNO2. The molecule has 0 amide bonds. The van der Waals surface area contributed by atoms with Gasteiger partial charge in [-0.15, -0.1) is 0 Å². The zero-order valence-electron chi connectivity index (χ0n) is 9.61. The molecule has 17 heavy (non-hydrogen) atoms. The third-order valence-corrected chi connectivity index (χ3v) is 2.52. The molecule has 1 aromatic carbocycles. The van der Waals surface area contributed by atoms with Crippen molar-refractivity contribution >= 4 is 11.6 Å². The molecule has 1 aromatic heterocycles. The molecule has 0 N–H and O–H groups in total. The molecule has 0 atom stereocenters. The van der Waals surface area contributed by atoms with E-state index in [0.29, 0.717) is 10.9 Å². The Balaban J connectivity index is 2.19. The molecule has 2 rings (SSSR count). The SMILES string of the molecule is COc1ccc(Oc2cnc(Cl)cc2C)cc1. The van der Waals surface area contributed by atoms with Crippen molar-refractivity contribution in [3.63, 3.8) is 0 Å². The lowest BCUT2D eigenvalue weighted by Gasteiger charge is -2.08. The van der Waals surface area contributed by atoms with Crippen molar-refractivity contribution in [1.82, 2.24) is 4.98 Å². The van der Waals surface area contributed by atoms with Gasteiger partial charge in [0.05, 0.1) is 13.3 Å². The van der Waals surface area contributed by atoms with Crippen LogP contribution in [0, 0.1) is 6.92 Å². The lowest BCUT2D eigenvalue weighted by Crippen LogP contribution is -1.89. The predicted octanol–water partition coefficient (Wildman–Crippen LogP) is 3.84. The van der Waals surface area contributed by atoms with Gasteiger partial charge in [0.25, 0.3) is 0 Å². The second kappa shape index (κ2) is 5.06. The molecular weight excluding hydrogens is 238 g/mol. The molecule has 0 aliphatic heterocycles. The summed E-state index contributed by atoms with van der Waals surface area (Å²) in [6.07, 6.45) is 1.61. The number of nitrogens with zero attached hydrogens (tertiary/aromatic N) is 1. The topological polar surface area (TPSA) is 31.4 Å². The van der Waals surface area contributed by atoms with Crippen molar-refractivity contribution in [2.45, 2.75) is 6.92 Å². The van der Waals surface area contributed by atoms with Gasteiger partial charge >= 0.3 is 0 Å². The maximum atomic E-state index is 5.78. The monoisotopic (exact) mass is 249 g/mol. The Kier molecular flexibility index (Phi) is 3.49. The van der Waals surface area contributed by atoms with E-state index in [9.17, 15) is 0 Å². The smallest absolute Gasteiger partial charge is 0.148 e. The normalized spacial score (nSPS) is 10.1. The minimum atomic E-state index is 0.463. The summed E-state index contributed by atoms with van der Waals surface area (Å²) in [6, 6.07) is 9.13. The molecule has 88 valence electrons. The Morgan fingerprint density at radius 1 is 1.12 bits per heavy atom. The van der Waals surface area contributed by atoms with Crippen molar-refractivity contribution in [1.29, 1.82) is 0 Å². The molecule has 0 radical (unpaired) electrons. The van der Waals surface area contributed by atoms with Crippen LogP contribution in [-0.4, -0.2) is 12.1 Å². The van der Waals surface area contributed by atoms with Crippen LogP contribution in [0.3, 0.4) is 0 Å². The predicted molar refractivity (Wildman–Crippen MR) is 67.1 cm³/mol. The zero-order valence-corrected chi connectivity index (χ0v) is 10.4. The lowest BCUT2D eigenvalue weighted by molar-refractivity contribution is 0.412. The molecule has 0 fully saturated rings. The van der Waals surface area contributed by atoms with E-state index in [2.05, 4.69) is 4.98 Å². The number of ether oxygens (including phenoxy) is 2. The van der Waals surface area contributed by atoms with Crippen LogP contribution in [0.15, 0.2) is 36.5 Å². The molecule has 0 spiro atoms. The number of aromatic nitrogens is 1. The van der Waals surface area contributed by atoms with Crippen molar-refractivity contribution in [2.24, 2.45) is 0 Å². The standard InChI is InChI=1S/C13H12ClNO2/c1-9-7-13(14)15-8-12(9)17-11-5-3-10(16-2)4-6-11/h3-8H,1-2H3. The Hall–Kier alpha value is -1.74. The lowest BCUT2D eigenvalue weighted by atomic mass is 10.3. The summed E-state index contributed by atoms with van der Waals surface area (Å²) in [7, 11) is 1.63. The summed E-state index contributed by atoms with van der Waals surface area (Å²) in [5, 5.41) is 0.463. The summed E-state index contributed by atoms with van der Waals surface area (Å²) in [6.45, 7) is 1.92. The maximum absolute atomic E-state index is 5.78. The Labute approximate surface area is 105 Å². The van der Waals surface area contributed by atoms with Crippen molar-refractivity contribution in [3.05, 3.63) is 47.2 Å². The van der Waals surface area contributed by atoms with E-state index in [1.165, 1.54) is 0 Å². The van der Waals surface area contributed by atoms with Gasteiger partial charge < -0.3 is 9.47 Å². The highest BCUT2D eigenvalue weighted by molar-refractivity contribution is 6.29. The number of hydrogen-bond donors (Lipinski definition) is 0. The van der Waals surface area contributed by atoms with Gasteiger partial charge in [-0.1, -0.05) is 11.6 Å². The first-order valence-electron chi connectivity index (χ1n) is 5.13. The van der Waals surface area contributed by atoms with E-state index in [0.717, 1.165) is 17.1 Å². The van der Waals surface area contributed by atoms with Crippen molar-refractivity contribution in [2.75, 3.05) is 7.11 Å². The van der Waals surface area contributed by atoms with Crippen molar-refractivity contribution in [3.8, 4) is 17.2 Å². The van der Waals surface area contributed by atoms with Crippen LogP contribution in [-0.2, 0) is 0 Å². The minimum Gasteiger partial charge on any atom is -0.497 e. The largest absolute Gasteiger partial charge is 0.497 e. The second-order valence-corrected chi connectivity index (χ2v) is 3.94. The minimum absolute atomic E-state index is 0.463. The second-order valence-electron chi connectivity index (χ2n) is 3.55. The number of pyridine rings is 1. The molecule has 0 saturated heterocycles. The van der Waals surface area contributed by atoms with Crippen LogP contribution in [0.25, 0.3) is 0 Å². The highest BCUT2D eigenvalue weighted by atomic mass is 35.5.